The van der Waals surface area contributed by atoms with E-state index < -0.39 is 62.2 Å². The van der Waals surface area contributed by atoms with Crippen LogP contribution in [0.4, 0.5) is 28.4 Å². The van der Waals surface area contributed by atoms with Crippen LogP contribution in [0.15, 0.2) is 108 Å². The van der Waals surface area contributed by atoms with E-state index in [2.05, 4.69) is 20.5 Å². The first-order valence-corrected chi connectivity index (χ1v) is 16.7. The predicted molar refractivity (Wildman–Crippen MR) is 163 cm³/mol. The smallest absolute Gasteiger partial charge is 0.296 e. The van der Waals surface area contributed by atoms with E-state index in [9.17, 15) is 44.0 Å². The number of phenolic OH excluding ortho intramolecular Hbond substituents is 1. The first kappa shape index (κ1) is 32.0. The molecule has 0 radical (unpaired) electrons. The van der Waals surface area contributed by atoms with Gasteiger partial charge in [0, 0.05) is 21.5 Å². The van der Waals surface area contributed by atoms with Crippen LogP contribution in [0, 0.1) is 11.3 Å². The summed E-state index contributed by atoms with van der Waals surface area (Å²) in [6, 6.07) is 16.9. The fraction of sp³-hybridized carbons (Fsp3) is 0. The lowest BCUT2D eigenvalue weighted by Crippen LogP contribution is -2.05. The molecule has 16 nitrogen and oxygen atoms in total. The van der Waals surface area contributed by atoms with Gasteiger partial charge in [-0.05, 0) is 66.7 Å². The van der Waals surface area contributed by atoms with E-state index in [-0.39, 0.29) is 32.9 Å². The van der Waals surface area contributed by atoms with Crippen molar-refractivity contribution in [3.05, 3.63) is 78.4 Å². The predicted octanol–water partition coefficient (Wildman–Crippen LogP) is 5.72. The molecule has 0 saturated carbocycles. The fourth-order valence-corrected chi connectivity index (χ4v) is 6.17. The normalized spacial score (nSPS) is 12.7. The van der Waals surface area contributed by atoms with E-state index in [1.54, 1.807) is 12.1 Å². The number of nitrogens with zero attached hydrogens (tertiary/aromatic N) is 5. The summed E-state index contributed by atoms with van der Waals surface area (Å²) in [6.45, 7) is 0. The third-order valence-electron chi connectivity index (χ3n) is 6.56. The van der Waals surface area contributed by atoms with E-state index in [4.69, 9.17) is 11.0 Å². The second-order valence-electron chi connectivity index (χ2n) is 9.44. The van der Waals surface area contributed by atoms with Gasteiger partial charge >= 0.3 is 0 Å². The van der Waals surface area contributed by atoms with Crippen molar-refractivity contribution in [1.82, 2.24) is 0 Å². The van der Waals surface area contributed by atoms with Gasteiger partial charge in [0.15, 0.2) is 5.75 Å². The van der Waals surface area contributed by atoms with Gasteiger partial charge in [-0.3, -0.25) is 13.7 Å². The minimum absolute atomic E-state index is 0.0332. The van der Waals surface area contributed by atoms with Crippen molar-refractivity contribution in [2.45, 2.75) is 14.7 Å². The molecule has 5 aromatic rings. The Morgan fingerprint density at radius 2 is 1.20 bits per heavy atom. The van der Waals surface area contributed by atoms with E-state index in [0.717, 1.165) is 30.3 Å². The summed E-state index contributed by atoms with van der Waals surface area (Å²) >= 11 is 0. The summed E-state index contributed by atoms with van der Waals surface area (Å²) in [5, 5.41) is 35.7. The molecule has 6 N–H and O–H groups in total. The van der Waals surface area contributed by atoms with Crippen molar-refractivity contribution < 1.29 is 44.0 Å². The number of anilines is 1. The molecule has 46 heavy (non-hydrogen) atoms. The molecular formula is C27H18N6O10S3. The van der Waals surface area contributed by atoms with E-state index >= 15 is 0 Å². The molecule has 5 rings (SSSR count). The maximum atomic E-state index is 12.3. The number of benzene rings is 5. The number of nitriles is 1. The van der Waals surface area contributed by atoms with Crippen LogP contribution in [0.2, 0.25) is 0 Å². The second kappa shape index (κ2) is 11.5. The van der Waals surface area contributed by atoms with Gasteiger partial charge in [0.05, 0.1) is 39.3 Å². The highest BCUT2D eigenvalue weighted by Gasteiger charge is 2.25. The van der Waals surface area contributed by atoms with Gasteiger partial charge in [-0.1, -0.05) is 6.07 Å². The van der Waals surface area contributed by atoms with Crippen molar-refractivity contribution in [2.75, 3.05) is 5.73 Å². The topological polar surface area (TPSA) is 283 Å². The molecule has 0 bridgehead atoms. The molecule has 5 aromatic carbocycles. The Balaban J connectivity index is 1.70. The summed E-state index contributed by atoms with van der Waals surface area (Å²) in [7, 11) is -14.7. The largest absolute Gasteiger partial charge is 0.505 e. The van der Waals surface area contributed by atoms with Crippen molar-refractivity contribution in [1.29, 1.82) is 5.26 Å². The Morgan fingerprint density at radius 1 is 0.609 bits per heavy atom. The molecule has 0 aliphatic heterocycles. The number of nitrogen functional groups attached to an aromatic ring is 1. The van der Waals surface area contributed by atoms with Crippen molar-refractivity contribution >= 4 is 80.3 Å². The Kier molecular flexibility index (Phi) is 8.03. The van der Waals surface area contributed by atoms with E-state index in [1.807, 2.05) is 6.07 Å². The number of hydrogen-bond acceptors (Lipinski definition) is 13. The Bertz CT molecular complexity index is 2530. The first-order chi connectivity index (χ1) is 21.5. The molecule has 0 atom stereocenters. The zero-order chi connectivity index (χ0) is 33.6. The van der Waals surface area contributed by atoms with Gasteiger partial charge in [0.25, 0.3) is 30.4 Å². The molecule has 0 unspecified atom stereocenters. The lowest BCUT2D eigenvalue weighted by Gasteiger charge is -2.12. The summed E-state index contributed by atoms with van der Waals surface area (Å²) in [4.78, 5) is -2.35. The zero-order valence-corrected chi connectivity index (χ0v) is 25.2. The average Bonchev–Trinajstić information content (AvgIpc) is 2.98. The molecule has 0 fully saturated rings. The Morgan fingerprint density at radius 3 is 1.78 bits per heavy atom. The second-order valence-corrected chi connectivity index (χ2v) is 13.6. The van der Waals surface area contributed by atoms with Gasteiger partial charge in [-0.15, -0.1) is 15.3 Å². The number of azo groups is 2. The van der Waals surface area contributed by atoms with Crippen molar-refractivity contribution in [3.8, 4) is 11.8 Å². The molecule has 0 aromatic heterocycles. The molecule has 0 amide bonds. The van der Waals surface area contributed by atoms with Gasteiger partial charge in [0.2, 0.25) is 0 Å². The summed E-state index contributed by atoms with van der Waals surface area (Å²) in [5.74, 6) is -0.891. The fourth-order valence-electron chi connectivity index (χ4n) is 4.39. The first-order valence-electron chi connectivity index (χ1n) is 12.4. The number of nitrogens with two attached hydrogens (primary N) is 1. The highest BCUT2D eigenvalue weighted by molar-refractivity contribution is 7.86. The van der Waals surface area contributed by atoms with Crippen LogP contribution < -0.4 is 5.73 Å². The highest BCUT2D eigenvalue weighted by Crippen LogP contribution is 2.45. The number of rotatable bonds is 7. The lowest BCUT2D eigenvalue weighted by atomic mass is 10.1. The average molecular weight is 683 g/mol. The van der Waals surface area contributed by atoms with E-state index in [1.165, 1.54) is 30.3 Å². The Labute approximate surface area is 260 Å². The standard InChI is InChI=1S/C27H18N6O10S3/c28-13-14-1-3-15(4-2-14)30-31-21-8-9-22(19-11-16(44(35,36)37)5-6-17(19)21)32-33-26-24(46(41,42)43)12-20-18(27(26)34)7-10-23(25(20)29)45(38,39)40/h1-12,34H,29H2,(H,35,36,37)(H,38,39,40)(H,41,42,43). The third kappa shape index (κ3) is 6.24. The minimum Gasteiger partial charge on any atom is -0.505 e. The minimum atomic E-state index is -5.17. The third-order valence-corrected chi connectivity index (χ3v) is 9.19. The molecule has 0 aliphatic carbocycles. The van der Waals surface area contributed by atoms with Gasteiger partial charge in [-0.2, -0.15) is 35.6 Å². The number of phenols is 1. The van der Waals surface area contributed by atoms with Crippen LogP contribution >= 0.6 is 0 Å². The summed E-state index contributed by atoms with van der Waals surface area (Å²) in [6.07, 6.45) is 0. The lowest BCUT2D eigenvalue weighted by molar-refractivity contribution is 0.472. The quantitative estimate of drug-likeness (QED) is 0.0782. The molecule has 234 valence electrons. The van der Waals surface area contributed by atoms with Crippen LogP contribution in [0.1, 0.15) is 5.56 Å². The van der Waals surface area contributed by atoms with Gasteiger partial charge in [0.1, 0.15) is 15.5 Å². The van der Waals surface area contributed by atoms with Crippen LogP contribution in [0.25, 0.3) is 21.5 Å². The number of hydrogen-bond donors (Lipinski definition) is 5. The Hall–Kier alpha value is -5.36. The monoisotopic (exact) mass is 682 g/mol. The van der Waals surface area contributed by atoms with Crippen LogP contribution in [0.5, 0.6) is 5.75 Å². The van der Waals surface area contributed by atoms with Gasteiger partial charge < -0.3 is 10.8 Å². The number of fused-ring (bicyclic) bond motifs is 2. The SMILES string of the molecule is N#Cc1ccc(N=Nc2ccc(N=Nc3c(S(=O)(=O)O)cc4c(N)c(S(=O)(=O)O)ccc4c3O)c3cc(S(=O)(=O)O)ccc23)cc1. The molecule has 0 saturated heterocycles. The maximum absolute atomic E-state index is 12.3. The molecule has 0 aliphatic rings. The van der Waals surface area contributed by atoms with E-state index in [0.29, 0.717) is 11.3 Å². The zero-order valence-electron chi connectivity index (χ0n) is 22.7. The molecule has 0 heterocycles. The van der Waals surface area contributed by atoms with Crippen LogP contribution in [-0.4, -0.2) is 44.0 Å². The molecule has 0 spiro atoms. The molecular weight excluding hydrogens is 665 g/mol. The van der Waals surface area contributed by atoms with Crippen molar-refractivity contribution in [3.63, 3.8) is 0 Å². The van der Waals surface area contributed by atoms with Crippen molar-refractivity contribution in [2.24, 2.45) is 20.5 Å². The van der Waals surface area contributed by atoms with Gasteiger partial charge in [-0.25, -0.2) is 0 Å². The summed E-state index contributed by atoms with van der Waals surface area (Å²) < 4.78 is 101. The number of aromatic hydroxyl groups is 1. The summed E-state index contributed by atoms with van der Waals surface area (Å²) in [5.41, 5.74) is 5.29. The van der Waals surface area contributed by atoms with Crippen LogP contribution in [0.3, 0.4) is 0 Å². The highest BCUT2D eigenvalue weighted by atomic mass is 32.2. The maximum Gasteiger partial charge on any atom is 0.296 e. The molecule has 19 heteroatoms. The van der Waals surface area contributed by atoms with Crippen LogP contribution in [-0.2, 0) is 30.4 Å².